The highest BCUT2D eigenvalue weighted by molar-refractivity contribution is 5.94. The van der Waals surface area contributed by atoms with Gasteiger partial charge in [-0.05, 0) is 25.0 Å². The second-order valence-electron chi connectivity index (χ2n) is 4.19. The van der Waals surface area contributed by atoms with Gasteiger partial charge in [0.15, 0.2) is 0 Å². The van der Waals surface area contributed by atoms with Gasteiger partial charge in [0, 0.05) is 24.4 Å². The molecule has 0 radical (unpaired) electrons. The van der Waals surface area contributed by atoms with Gasteiger partial charge < -0.3 is 10.0 Å². The summed E-state index contributed by atoms with van der Waals surface area (Å²) in [5.74, 6) is -1.39. The zero-order chi connectivity index (χ0) is 13.0. The van der Waals surface area contributed by atoms with E-state index in [-0.39, 0.29) is 11.9 Å². The van der Waals surface area contributed by atoms with Crippen LogP contribution in [0.15, 0.2) is 36.5 Å². The Balaban J connectivity index is 2.04. The predicted octanol–water partition coefficient (Wildman–Crippen LogP) is 1.21. The third-order valence-electron chi connectivity index (χ3n) is 2.70. The molecule has 1 N–H and O–H groups in total. The van der Waals surface area contributed by atoms with Crippen molar-refractivity contribution < 1.29 is 14.7 Å². The lowest BCUT2D eigenvalue weighted by Gasteiger charge is -2.20. The highest BCUT2D eigenvalue weighted by Gasteiger charge is 2.31. The number of carboxylic acids is 1. The lowest BCUT2D eigenvalue weighted by Crippen LogP contribution is -2.31. The number of aromatic nitrogens is 1. The van der Waals surface area contributed by atoms with Gasteiger partial charge in [0.25, 0.3) is 0 Å². The van der Waals surface area contributed by atoms with Gasteiger partial charge >= 0.3 is 5.97 Å². The summed E-state index contributed by atoms with van der Waals surface area (Å²) in [6.07, 6.45) is 5.59. The smallest absolute Gasteiger partial charge is 0.328 e. The molecule has 0 bridgehead atoms. The van der Waals surface area contributed by atoms with E-state index in [1.54, 1.807) is 11.1 Å². The fourth-order valence-corrected chi connectivity index (χ4v) is 1.68. The molecule has 1 aliphatic carbocycles. The van der Waals surface area contributed by atoms with E-state index in [9.17, 15) is 9.59 Å². The molecule has 0 atom stereocenters. The Morgan fingerprint density at radius 3 is 2.72 bits per heavy atom. The Morgan fingerprint density at radius 1 is 1.39 bits per heavy atom. The highest BCUT2D eigenvalue weighted by atomic mass is 16.4. The number of carboxylic acid groups (broad SMARTS) is 1. The van der Waals surface area contributed by atoms with Crippen molar-refractivity contribution in [3.63, 3.8) is 0 Å². The molecule has 1 saturated carbocycles. The molecule has 1 fully saturated rings. The van der Waals surface area contributed by atoms with Crippen molar-refractivity contribution in [2.75, 3.05) is 0 Å². The van der Waals surface area contributed by atoms with Crippen LogP contribution in [0.4, 0.5) is 0 Å². The first-order valence-corrected chi connectivity index (χ1v) is 5.78. The van der Waals surface area contributed by atoms with Crippen LogP contribution in [-0.4, -0.2) is 32.9 Å². The van der Waals surface area contributed by atoms with E-state index in [1.807, 2.05) is 18.2 Å². The number of hydrogen-bond donors (Lipinski definition) is 1. The van der Waals surface area contributed by atoms with Crippen LogP contribution in [0.5, 0.6) is 0 Å². The molecule has 5 heteroatoms. The first kappa shape index (κ1) is 12.3. The topological polar surface area (TPSA) is 70.5 Å². The molecule has 1 heterocycles. The summed E-state index contributed by atoms with van der Waals surface area (Å²) < 4.78 is 0. The molecule has 5 nitrogen and oxygen atoms in total. The number of aliphatic carboxylic acids is 1. The number of carbonyl (C=O) groups is 2. The zero-order valence-corrected chi connectivity index (χ0v) is 9.82. The van der Waals surface area contributed by atoms with Gasteiger partial charge in [-0.1, -0.05) is 6.07 Å². The average Bonchev–Trinajstić information content (AvgIpc) is 3.18. The number of carbonyl (C=O) groups excluding carboxylic acids is 1. The van der Waals surface area contributed by atoms with Crippen molar-refractivity contribution in [2.24, 2.45) is 0 Å². The maximum absolute atomic E-state index is 11.9. The Hall–Kier alpha value is -2.17. The van der Waals surface area contributed by atoms with Gasteiger partial charge in [0.2, 0.25) is 5.91 Å². The second kappa shape index (κ2) is 5.44. The third kappa shape index (κ3) is 3.41. The van der Waals surface area contributed by atoms with E-state index in [0.29, 0.717) is 6.54 Å². The lowest BCUT2D eigenvalue weighted by molar-refractivity contribution is -0.132. The van der Waals surface area contributed by atoms with Gasteiger partial charge in [-0.25, -0.2) is 4.79 Å². The Kier molecular flexibility index (Phi) is 3.72. The largest absolute Gasteiger partial charge is 0.478 e. The summed E-state index contributed by atoms with van der Waals surface area (Å²) in [4.78, 5) is 28.1. The van der Waals surface area contributed by atoms with Gasteiger partial charge in [-0.2, -0.15) is 0 Å². The molecular weight excluding hydrogens is 232 g/mol. The lowest BCUT2D eigenvalue weighted by atomic mass is 10.3. The van der Waals surface area contributed by atoms with Crippen molar-refractivity contribution >= 4 is 11.9 Å². The molecule has 0 unspecified atom stereocenters. The molecule has 0 saturated heterocycles. The van der Waals surface area contributed by atoms with E-state index in [4.69, 9.17) is 5.11 Å². The zero-order valence-electron chi connectivity index (χ0n) is 9.82. The molecule has 1 aliphatic rings. The van der Waals surface area contributed by atoms with Crippen molar-refractivity contribution in [2.45, 2.75) is 25.4 Å². The molecule has 1 amide bonds. The minimum absolute atomic E-state index is 0.220. The summed E-state index contributed by atoms with van der Waals surface area (Å²) in [5.41, 5.74) is 0.807. The van der Waals surface area contributed by atoms with Crippen LogP contribution in [0.3, 0.4) is 0 Å². The normalized spacial score (nSPS) is 14.7. The fraction of sp³-hybridized carbons (Fsp3) is 0.308. The maximum atomic E-state index is 11.9. The first-order chi connectivity index (χ1) is 8.66. The van der Waals surface area contributed by atoms with Crippen molar-refractivity contribution in [3.05, 3.63) is 42.2 Å². The monoisotopic (exact) mass is 246 g/mol. The fourth-order valence-electron chi connectivity index (χ4n) is 1.68. The number of nitrogens with zero attached hydrogens (tertiary/aromatic N) is 2. The summed E-state index contributed by atoms with van der Waals surface area (Å²) in [7, 11) is 0. The average molecular weight is 246 g/mol. The quantitative estimate of drug-likeness (QED) is 0.793. The third-order valence-corrected chi connectivity index (χ3v) is 2.70. The molecule has 94 valence electrons. The van der Waals surface area contributed by atoms with Gasteiger partial charge in [-0.3, -0.25) is 9.78 Å². The van der Waals surface area contributed by atoms with Crippen LogP contribution in [0.1, 0.15) is 18.5 Å². The van der Waals surface area contributed by atoms with E-state index in [2.05, 4.69) is 4.98 Å². The number of pyridine rings is 1. The highest BCUT2D eigenvalue weighted by Crippen LogP contribution is 2.28. The van der Waals surface area contributed by atoms with E-state index >= 15 is 0 Å². The van der Waals surface area contributed by atoms with E-state index in [0.717, 1.165) is 30.7 Å². The Morgan fingerprint density at radius 2 is 2.17 bits per heavy atom. The molecular formula is C13H14N2O3. The number of amides is 1. The van der Waals surface area contributed by atoms with Gasteiger partial charge in [0.1, 0.15) is 0 Å². The molecule has 0 aromatic carbocycles. The molecule has 18 heavy (non-hydrogen) atoms. The summed E-state index contributed by atoms with van der Waals surface area (Å²) in [6, 6.07) is 5.75. The SMILES string of the molecule is O=C(O)/C=C/C(=O)N(Cc1ccccn1)C1CC1. The molecule has 1 aromatic rings. The molecule has 0 aliphatic heterocycles. The molecule has 2 rings (SSSR count). The van der Waals surface area contributed by atoms with Crippen LogP contribution in [0, 0.1) is 0 Å². The molecule has 0 spiro atoms. The maximum Gasteiger partial charge on any atom is 0.328 e. The van der Waals surface area contributed by atoms with Gasteiger partial charge in [-0.15, -0.1) is 0 Å². The van der Waals surface area contributed by atoms with E-state index < -0.39 is 5.97 Å². The summed E-state index contributed by atoms with van der Waals surface area (Å²) in [6.45, 7) is 0.425. The van der Waals surface area contributed by atoms with Crippen molar-refractivity contribution in [3.8, 4) is 0 Å². The van der Waals surface area contributed by atoms with Crippen molar-refractivity contribution in [1.82, 2.24) is 9.88 Å². The Labute approximate surface area is 105 Å². The van der Waals surface area contributed by atoms with Crippen LogP contribution < -0.4 is 0 Å². The second-order valence-corrected chi connectivity index (χ2v) is 4.19. The summed E-state index contributed by atoms with van der Waals surface area (Å²) >= 11 is 0. The van der Waals surface area contributed by atoms with E-state index in [1.165, 1.54) is 0 Å². The van der Waals surface area contributed by atoms with Gasteiger partial charge in [0.05, 0.1) is 12.2 Å². The number of hydrogen-bond acceptors (Lipinski definition) is 3. The van der Waals surface area contributed by atoms with Crippen LogP contribution in [-0.2, 0) is 16.1 Å². The molecule has 1 aromatic heterocycles. The van der Waals surface area contributed by atoms with Crippen LogP contribution in [0.2, 0.25) is 0 Å². The van der Waals surface area contributed by atoms with Crippen LogP contribution >= 0.6 is 0 Å². The first-order valence-electron chi connectivity index (χ1n) is 5.78. The number of rotatable bonds is 5. The minimum Gasteiger partial charge on any atom is -0.478 e. The van der Waals surface area contributed by atoms with Crippen molar-refractivity contribution in [1.29, 1.82) is 0 Å². The standard InChI is InChI=1S/C13H14N2O3/c16-12(6-7-13(17)18)15(11-4-5-11)9-10-3-1-2-8-14-10/h1-3,6-8,11H,4-5,9H2,(H,17,18)/b7-6+. The Bertz CT molecular complexity index is 466. The van der Waals surface area contributed by atoms with Crippen LogP contribution in [0.25, 0.3) is 0 Å². The summed E-state index contributed by atoms with van der Waals surface area (Å²) in [5, 5.41) is 8.52. The minimum atomic E-state index is -1.11. The predicted molar refractivity (Wildman–Crippen MR) is 64.6 cm³/mol.